The van der Waals surface area contributed by atoms with Gasteiger partial charge in [-0.05, 0) is 24.3 Å². The number of hydrogen-bond donors (Lipinski definition) is 3. The maximum Gasteiger partial charge on any atom is 0.247 e. The molecule has 4 aromatic rings. The Morgan fingerprint density at radius 3 is 2.80 bits per heavy atom. The fourth-order valence-electron chi connectivity index (χ4n) is 3.94. The third-order valence-corrected chi connectivity index (χ3v) is 5.68. The summed E-state index contributed by atoms with van der Waals surface area (Å²) in [6.45, 7) is 3.86. The lowest BCUT2D eigenvalue weighted by atomic mass is 10.1. The number of nitrogens with zero attached hydrogens (tertiary/aromatic N) is 4. The number of likely N-dealkylation sites (N-methyl/N-ethyl adjacent to an activating group) is 1. The SMILES string of the molecule is C=CC(=O)Nc1cc(Nc2nccc(-c3cn(C)c4ccccc34)n2)c(OC)cc1N(C)CCO. The molecule has 2 aromatic carbocycles. The number of para-hydroxylation sites is 1. The summed E-state index contributed by atoms with van der Waals surface area (Å²) >= 11 is 0. The highest BCUT2D eigenvalue weighted by molar-refractivity contribution is 6.02. The maximum absolute atomic E-state index is 12.1. The molecule has 180 valence electrons. The van der Waals surface area contributed by atoms with Crippen molar-refractivity contribution in [1.29, 1.82) is 0 Å². The van der Waals surface area contributed by atoms with Gasteiger partial charge in [0.05, 0.1) is 36.5 Å². The van der Waals surface area contributed by atoms with Crippen LogP contribution in [0.15, 0.2) is 67.5 Å². The van der Waals surface area contributed by atoms with E-state index >= 15 is 0 Å². The van der Waals surface area contributed by atoms with Gasteiger partial charge in [-0.3, -0.25) is 4.79 Å². The first kappa shape index (κ1) is 23.8. The Hall–Kier alpha value is -4.37. The van der Waals surface area contributed by atoms with Crippen LogP contribution in [0.2, 0.25) is 0 Å². The number of aliphatic hydroxyl groups is 1. The molecule has 9 nitrogen and oxygen atoms in total. The van der Waals surface area contributed by atoms with Crippen molar-refractivity contribution in [2.45, 2.75) is 0 Å². The molecule has 0 saturated heterocycles. The standard InChI is InChI=1S/C26H28N6O3/c1-5-25(34)28-20-14-21(24(35-4)15-23(20)31(2)12-13-33)30-26-27-11-10-19(29-26)18-16-32(3)22-9-7-6-8-17(18)22/h5-11,14-16,33H,1,12-13H2,2-4H3,(H,28,34)(H,27,29,30). The Morgan fingerprint density at radius 1 is 1.26 bits per heavy atom. The van der Waals surface area contributed by atoms with Gasteiger partial charge >= 0.3 is 0 Å². The summed E-state index contributed by atoms with van der Waals surface area (Å²) in [6.07, 6.45) is 4.94. The van der Waals surface area contributed by atoms with E-state index < -0.39 is 0 Å². The van der Waals surface area contributed by atoms with Crippen molar-refractivity contribution in [2.24, 2.45) is 7.05 Å². The summed E-state index contributed by atoms with van der Waals surface area (Å²) in [5, 5.41) is 16.5. The predicted octanol–water partition coefficient (Wildman–Crippen LogP) is 3.94. The molecule has 0 aliphatic heterocycles. The van der Waals surface area contributed by atoms with Gasteiger partial charge in [0, 0.05) is 55.6 Å². The van der Waals surface area contributed by atoms with Crippen molar-refractivity contribution < 1.29 is 14.6 Å². The smallest absolute Gasteiger partial charge is 0.247 e. The van der Waals surface area contributed by atoms with Gasteiger partial charge in [-0.1, -0.05) is 24.8 Å². The first-order valence-corrected chi connectivity index (χ1v) is 11.1. The number of methoxy groups -OCH3 is 1. The summed E-state index contributed by atoms with van der Waals surface area (Å²) in [7, 11) is 5.38. The zero-order chi connectivity index (χ0) is 24.9. The summed E-state index contributed by atoms with van der Waals surface area (Å²) in [5.74, 6) is 0.556. The predicted molar refractivity (Wildman–Crippen MR) is 139 cm³/mol. The van der Waals surface area contributed by atoms with E-state index in [4.69, 9.17) is 9.72 Å². The van der Waals surface area contributed by atoms with E-state index in [0.717, 1.165) is 22.2 Å². The molecule has 9 heteroatoms. The zero-order valence-corrected chi connectivity index (χ0v) is 19.9. The van der Waals surface area contributed by atoms with Gasteiger partial charge < -0.3 is 29.9 Å². The second kappa shape index (κ2) is 10.3. The number of aromatic nitrogens is 3. The molecular formula is C26H28N6O3. The lowest BCUT2D eigenvalue weighted by molar-refractivity contribution is -0.111. The molecule has 0 unspecified atom stereocenters. The van der Waals surface area contributed by atoms with Crippen LogP contribution >= 0.6 is 0 Å². The first-order chi connectivity index (χ1) is 16.9. The van der Waals surface area contributed by atoms with E-state index in [0.29, 0.717) is 35.3 Å². The highest BCUT2D eigenvalue weighted by atomic mass is 16.5. The highest BCUT2D eigenvalue weighted by Gasteiger charge is 2.17. The van der Waals surface area contributed by atoms with Crippen LogP contribution in [0.4, 0.5) is 23.0 Å². The number of hydrogen-bond acceptors (Lipinski definition) is 7. The summed E-state index contributed by atoms with van der Waals surface area (Å²) in [4.78, 5) is 23.0. The number of aryl methyl sites for hydroxylation is 1. The zero-order valence-electron chi connectivity index (χ0n) is 19.9. The average Bonchev–Trinajstić information content (AvgIpc) is 3.21. The Bertz CT molecular complexity index is 1380. The normalized spacial score (nSPS) is 10.7. The molecule has 0 aliphatic carbocycles. The number of rotatable bonds is 9. The minimum atomic E-state index is -0.353. The number of amides is 1. The number of ether oxygens (including phenoxy) is 1. The molecule has 35 heavy (non-hydrogen) atoms. The number of nitrogens with one attached hydrogen (secondary N) is 2. The van der Waals surface area contributed by atoms with Gasteiger partial charge in [0.2, 0.25) is 11.9 Å². The molecule has 0 aliphatic rings. The Labute approximate surface area is 203 Å². The molecule has 1 amide bonds. The van der Waals surface area contributed by atoms with Crippen molar-refractivity contribution >= 4 is 39.8 Å². The number of carbonyl (C=O) groups is 1. The molecule has 0 saturated carbocycles. The Balaban J connectivity index is 1.73. The van der Waals surface area contributed by atoms with Gasteiger partial charge in [0.25, 0.3) is 0 Å². The molecular weight excluding hydrogens is 444 g/mol. The van der Waals surface area contributed by atoms with E-state index in [9.17, 15) is 9.90 Å². The largest absolute Gasteiger partial charge is 0.494 e. The number of benzene rings is 2. The quantitative estimate of drug-likeness (QED) is 0.317. The average molecular weight is 473 g/mol. The van der Waals surface area contributed by atoms with Crippen LogP contribution in [0.1, 0.15) is 0 Å². The molecule has 2 aromatic heterocycles. The van der Waals surface area contributed by atoms with E-state index in [2.05, 4.69) is 38.9 Å². The second-order valence-corrected chi connectivity index (χ2v) is 7.97. The summed E-state index contributed by atoms with van der Waals surface area (Å²) in [5.41, 5.74) is 4.67. The summed E-state index contributed by atoms with van der Waals surface area (Å²) in [6, 6.07) is 13.5. The molecule has 0 radical (unpaired) electrons. The van der Waals surface area contributed by atoms with Crippen molar-refractivity contribution in [2.75, 3.05) is 42.8 Å². The lowest BCUT2D eigenvalue weighted by Gasteiger charge is -2.24. The molecule has 0 atom stereocenters. The van der Waals surface area contributed by atoms with Crippen molar-refractivity contribution in [3.8, 4) is 17.0 Å². The molecule has 0 bridgehead atoms. The number of carbonyl (C=O) groups excluding carboxylic acids is 1. The van der Waals surface area contributed by atoms with Gasteiger partial charge in [-0.25, -0.2) is 9.97 Å². The fraction of sp³-hybridized carbons (Fsp3) is 0.192. The van der Waals surface area contributed by atoms with Gasteiger partial charge in [-0.15, -0.1) is 0 Å². The van der Waals surface area contributed by atoms with Crippen molar-refractivity contribution in [3.63, 3.8) is 0 Å². The van der Waals surface area contributed by atoms with Gasteiger partial charge in [0.1, 0.15) is 5.75 Å². The topological polar surface area (TPSA) is 105 Å². The third-order valence-electron chi connectivity index (χ3n) is 5.68. The van der Waals surface area contributed by atoms with Crippen LogP contribution in [0.5, 0.6) is 5.75 Å². The van der Waals surface area contributed by atoms with Crippen molar-refractivity contribution in [3.05, 3.63) is 67.5 Å². The summed E-state index contributed by atoms with van der Waals surface area (Å²) < 4.78 is 7.67. The van der Waals surface area contributed by atoms with Crippen LogP contribution in [0.25, 0.3) is 22.2 Å². The molecule has 4 rings (SSSR count). The number of fused-ring (bicyclic) bond motifs is 1. The van der Waals surface area contributed by atoms with E-state index in [1.807, 2.05) is 43.4 Å². The first-order valence-electron chi connectivity index (χ1n) is 11.1. The lowest BCUT2D eigenvalue weighted by Crippen LogP contribution is -2.23. The van der Waals surface area contributed by atoms with E-state index in [1.165, 1.54) is 6.08 Å². The fourth-order valence-corrected chi connectivity index (χ4v) is 3.94. The monoisotopic (exact) mass is 472 g/mol. The van der Waals surface area contributed by atoms with Crippen LogP contribution < -0.4 is 20.3 Å². The van der Waals surface area contributed by atoms with Gasteiger partial charge in [-0.2, -0.15) is 0 Å². The minimum absolute atomic E-state index is 0.0392. The maximum atomic E-state index is 12.1. The number of anilines is 4. The second-order valence-electron chi connectivity index (χ2n) is 7.97. The van der Waals surface area contributed by atoms with Crippen LogP contribution in [0, 0.1) is 0 Å². The number of aliphatic hydroxyl groups excluding tert-OH is 1. The Kier molecular flexibility index (Phi) is 6.98. The minimum Gasteiger partial charge on any atom is -0.494 e. The molecule has 0 fully saturated rings. The molecule has 0 spiro atoms. The third kappa shape index (κ3) is 4.95. The van der Waals surface area contributed by atoms with E-state index in [1.54, 1.807) is 25.4 Å². The van der Waals surface area contributed by atoms with Crippen molar-refractivity contribution in [1.82, 2.24) is 14.5 Å². The van der Waals surface area contributed by atoms with E-state index in [-0.39, 0.29) is 12.5 Å². The molecule has 3 N–H and O–H groups in total. The van der Waals surface area contributed by atoms with Gasteiger partial charge in [0.15, 0.2) is 0 Å². The van der Waals surface area contributed by atoms with Crippen LogP contribution in [-0.4, -0.2) is 52.9 Å². The highest BCUT2D eigenvalue weighted by Crippen LogP contribution is 2.38. The molecule has 2 heterocycles. The van der Waals surface area contributed by atoms with Crippen LogP contribution in [-0.2, 0) is 11.8 Å². The Morgan fingerprint density at radius 2 is 2.06 bits per heavy atom. The van der Waals surface area contributed by atoms with Crippen LogP contribution in [0.3, 0.4) is 0 Å².